The van der Waals surface area contributed by atoms with Gasteiger partial charge >= 0.3 is 0 Å². The van der Waals surface area contributed by atoms with Gasteiger partial charge in [0.2, 0.25) is 5.91 Å². The van der Waals surface area contributed by atoms with Crippen molar-refractivity contribution in [1.29, 1.82) is 0 Å². The van der Waals surface area contributed by atoms with Crippen LogP contribution in [-0.4, -0.2) is 29.0 Å². The lowest BCUT2D eigenvalue weighted by Crippen LogP contribution is -2.50. The van der Waals surface area contributed by atoms with Crippen LogP contribution in [0.25, 0.3) is 0 Å². The van der Waals surface area contributed by atoms with Crippen LogP contribution in [0.1, 0.15) is 30.4 Å². The summed E-state index contributed by atoms with van der Waals surface area (Å²) in [6.45, 7) is 2.12. The van der Waals surface area contributed by atoms with Gasteiger partial charge in [0.25, 0.3) is 0 Å². The number of carbonyl (C=O) groups excluding carboxylic acids is 1. The van der Waals surface area contributed by atoms with Crippen LogP contribution in [-0.2, 0) is 16.8 Å². The summed E-state index contributed by atoms with van der Waals surface area (Å²) >= 11 is 12.6. The Morgan fingerprint density at radius 3 is 2.61 bits per heavy atom. The molecule has 1 aliphatic rings. The highest BCUT2D eigenvalue weighted by molar-refractivity contribution is 6.42. The monoisotopic (exact) mass is 454 g/mol. The second kappa shape index (κ2) is 9.77. The Morgan fingerprint density at radius 2 is 1.87 bits per heavy atom. The van der Waals surface area contributed by atoms with Crippen molar-refractivity contribution in [3.8, 4) is 0 Å². The van der Waals surface area contributed by atoms with E-state index in [9.17, 15) is 4.79 Å². The van der Waals surface area contributed by atoms with E-state index in [1.165, 1.54) is 5.56 Å². The number of halogens is 2. The Bertz CT molecular complexity index is 1030. The van der Waals surface area contributed by atoms with E-state index in [0.29, 0.717) is 28.8 Å². The number of hydrogen-bond acceptors (Lipinski definition) is 4. The molecule has 1 fully saturated rings. The molecule has 0 unspecified atom stereocenters. The second-order valence-corrected chi connectivity index (χ2v) is 8.67. The maximum atomic E-state index is 12.8. The van der Waals surface area contributed by atoms with Crippen molar-refractivity contribution in [2.45, 2.75) is 31.2 Å². The molecular weight excluding hydrogens is 431 g/mol. The van der Waals surface area contributed by atoms with Crippen LogP contribution in [0.4, 0.5) is 5.82 Å². The van der Waals surface area contributed by atoms with Gasteiger partial charge in [-0.05, 0) is 66.9 Å². The molecule has 1 amide bonds. The van der Waals surface area contributed by atoms with Gasteiger partial charge in [-0.25, -0.2) is 4.98 Å². The number of nitrogens with zero attached hydrogens (tertiary/aromatic N) is 3. The third-order valence-electron chi connectivity index (χ3n) is 5.90. The van der Waals surface area contributed by atoms with Gasteiger partial charge in [-0.2, -0.15) is 0 Å². The van der Waals surface area contributed by atoms with Crippen molar-refractivity contribution >= 4 is 34.9 Å². The highest BCUT2D eigenvalue weighted by Gasteiger charge is 2.41. The third kappa shape index (κ3) is 5.06. The maximum Gasteiger partial charge on any atom is 0.228 e. The number of benzene rings is 1. The summed E-state index contributed by atoms with van der Waals surface area (Å²) in [4.78, 5) is 23.0. The van der Waals surface area contributed by atoms with Gasteiger partial charge in [0.1, 0.15) is 5.82 Å². The molecule has 31 heavy (non-hydrogen) atoms. The number of amides is 1. The summed E-state index contributed by atoms with van der Waals surface area (Å²) in [5, 5.41) is 4.59. The topological polar surface area (TPSA) is 58.1 Å². The molecule has 1 aliphatic heterocycles. The molecule has 1 atom stereocenters. The summed E-state index contributed by atoms with van der Waals surface area (Å²) < 4.78 is 0. The molecule has 2 aromatic heterocycles. The molecule has 0 spiro atoms. The van der Waals surface area contributed by atoms with Gasteiger partial charge in [0.05, 0.1) is 10.0 Å². The van der Waals surface area contributed by atoms with E-state index < -0.39 is 0 Å². The van der Waals surface area contributed by atoms with Crippen molar-refractivity contribution in [2.24, 2.45) is 0 Å². The van der Waals surface area contributed by atoms with Crippen LogP contribution in [0.5, 0.6) is 0 Å². The van der Waals surface area contributed by atoms with Gasteiger partial charge in [-0.1, -0.05) is 35.3 Å². The predicted octanol–water partition coefficient (Wildman–Crippen LogP) is 5.03. The quantitative estimate of drug-likeness (QED) is 0.508. The third-order valence-corrected chi connectivity index (χ3v) is 6.63. The minimum absolute atomic E-state index is 0.0964. The van der Waals surface area contributed by atoms with Crippen molar-refractivity contribution in [2.75, 3.05) is 18.0 Å². The fraction of sp³-hybridized carbons (Fsp3) is 0.292. The van der Waals surface area contributed by atoms with Crippen LogP contribution >= 0.6 is 23.2 Å². The normalized spacial score (nSPS) is 18.9. The Hall–Kier alpha value is -2.47. The smallest absolute Gasteiger partial charge is 0.228 e. The largest absolute Gasteiger partial charge is 0.313 e. The average molecular weight is 455 g/mol. The number of pyridine rings is 2. The Kier molecular flexibility index (Phi) is 6.86. The van der Waals surface area contributed by atoms with Gasteiger partial charge in [0, 0.05) is 43.5 Å². The molecule has 1 saturated heterocycles. The number of hydrogen-bond donors (Lipinski definition) is 1. The minimum Gasteiger partial charge on any atom is -0.313 e. The van der Waals surface area contributed by atoms with E-state index in [0.717, 1.165) is 31.5 Å². The lowest BCUT2D eigenvalue weighted by Gasteiger charge is -2.43. The standard InChI is InChI=1S/C24H24Cl2N4O/c25-20-5-4-19(15-21(20)26)24(10-14-28-16-18-7-12-27-13-8-18)9-6-23(31)30(17-24)22-3-1-2-11-29-22/h1-5,7-8,11-13,15,28H,6,9-10,14,16-17H2/t24-/m1/s1. The fourth-order valence-electron chi connectivity index (χ4n) is 4.14. The van der Waals surface area contributed by atoms with Crippen molar-refractivity contribution in [3.63, 3.8) is 0 Å². The van der Waals surface area contributed by atoms with E-state index in [1.54, 1.807) is 23.5 Å². The Morgan fingerprint density at radius 1 is 1.03 bits per heavy atom. The Labute approximate surface area is 192 Å². The Balaban J connectivity index is 1.57. The summed E-state index contributed by atoms with van der Waals surface area (Å²) in [6.07, 6.45) is 7.38. The molecule has 0 bridgehead atoms. The van der Waals surface area contributed by atoms with E-state index in [1.807, 2.05) is 48.5 Å². The van der Waals surface area contributed by atoms with Crippen LogP contribution in [0.2, 0.25) is 10.0 Å². The molecule has 160 valence electrons. The molecule has 5 nitrogen and oxygen atoms in total. The molecule has 0 radical (unpaired) electrons. The number of carbonyl (C=O) groups is 1. The van der Waals surface area contributed by atoms with E-state index in [2.05, 4.69) is 15.3 Å². The van der Waals surface area contributed by atoms with Crippen LogP contribution in [0.15, 0.2) is 67.1 Å². The van der Waals surface area contributed by atoms with E-state index >= 15 is 0 Å². The number of anilines is 1. The zero-order valence-corrected chi connectivity index (χ0v) is 18.6. The number of piperidine rings is 1. The first-order valence-electron chi connectivity index (χ1n) is 10.3. The zero-order valence-electron chi connectivity index (χ0n) is 17.1. The zero-order chi connectivity index (χ0) is 21.7. The van der Waals surface area contributed by atoms with Gasteiger partial charge in [0.15, 0.2) is 0 Å². The first kappa shape index (κ1) is 21.8. The number of rotatable bonds is 7. The van der Waals surface area contributed by atoms with Crippen molar-refractivity contribution in [1.82, 2.24) is 15.3 Å². The molecule has 0 saturated carbocycles. The first-order valence-corrected chi connectivity index (χ1v) is 11.1. The summed E-state index contributed by atoms with van der Waals surface area (Å²) in [5.74, 6) is 0.778. The minimum atomic E-state index is -0.245. The summed E-state index contributed by atoms with van der Waals surface area (Å²) in [7, 11) is 0. The predicted molar refractivity (Wildman–Crippen MR) is 125 cm³/mol. The fourth-order valence-corrected chi connectivity index (χ4v) is 4.44. The van der Waals surface area contributed by atoms with Crippen molar-refractivity contribution in [3.05, 3.63) is 88.3 Å². The molecule has 7 heteroatoms. The number of aromatic nitrogens is 2. The lowest BCUT2D eigenvalue weighted by atomic mass is 9.71. The highest BCUT2D eigenvalue weighted by atomic mass is 35.5. The average Bonchev–Trinajstić information content (AvgIpc) is 2.81. The molecule has 0 aliphatic carbocycles. The van der Waals surface area contributed by atoms with Gasteiger partial charge in [-0.15, -0.1) is 0 Å². The molecule has 1 N–H and O–H groups in total. The van der Waals surface area contributed by atoms with Crippen molar-refractivity contribution < 1.29 is 4.79 Å². The molecular formula is C24H24Cl2N4O. The molecule has 3 heterocycles. The van der Waals surface area contributed by atoms with E-state index in [-0.39, 0.29) is 11.3 Å². The second-order valence-electron chi connectivity index (χ2n) is 7.86. The van der Waals surface area contributed by atoms with Crippen LogP contribution in [0, 0.1) is 0 Å². The number of nitrogens with one attached hydrogen (secondary N) is 1. The molecule has 4 rings (SSSR count). The van der Waals surface area contributed by atoms with Gasteiger partial charge < -0.3 is 5.32 Å². The lowest BCUT2D eigenvalue weighted by molar-refractivity contribution is -0.120. The first-order chi connectivity index (χ1) is 15.1. The molecule has 1 aromatic carbocycles. The maximum absolute atomic E-state index is 12.8. The van der Waals surface area contributed by atoms with Crippen LogP contribution < -0.4 is 10.2 Å². The summed E-state index contributed by atoms with van der Waals surface area (Å²) in [6, 6.07) is 15.5. The van der Waals surface area contributed by atoms with Gasteiger partial charge in [-0.3, -0.25) is 14.7 Å². The molecule has 3 aromatic rings. The van der Waals surface area contributed by atoms with E-state index in [4.69, 9.17) is 23.2 Å². The van der Waals surface area contributed by atoms with Crippen LogP contribution in [0.3, 0.4) is 0 Å². The SMILES string of the molecule is O=C1CC[C@](CCNCc2ccncc2)(c2ccc(Cl)c(Cl)c2)CN1c1ccccn1. The summed E-state index contributed by atoms with van der Waals surface area (Å²) in [5.41, 5.74) is 2.04. The highest BCUT2D eigenvalue weighted by Crippen LogP contribution is 2.40.